The Morgan fingerprint density at radius 2 is 1.89 bits per heavy atom. The van der Waals surface area contributed by atoms with Crippen LogP contribution in [0.1, 0.15) is 55.5 Å². The second-order valence-electron chi connectivity index (χ2n) is 7.74. The molecule has 2 amide bonds. The summed E-state index contributed by atoms with van der Waals surface area (Å²) in [5.41, 5.74) is 1.62. The summed E-state index contributed by atoms with van der Waals surface area (Å²) < 4.78 is 0. The van der Waals surface area contributed by atoms with Gasteiger partial charge in [-0.15, -0.1) is 0 Å². The van der Waals surface area contributed by atoms with E-state index in [9.17, 15) is 14.4 Å². The van der Waals surface area contributed by atoms with Gasteiger partial charge in [-0.2, -0.15) is 0 Å². The molecule has 6 heteroatoms. The van der Waals surface area contributed by atoms with Crippen molar-refractivity contribution in [1.29, 1.82) is 0 Å². The highest BCUT2D eigenvalue weighted by Crippen LogP contribution is 2.22. The van der Waals surface area contributed by atoms with Crippen LogP contribution in [0.2, 0.25) is 0 Å². The largest absolute Gasteiger partial charge is 0.481 e. The summed E-state index contributed by atoms with van der Waals surface area (Å²) in [7, 11) is 1.78. The number of carboxylic acids is 1. The third-order valence-electron chi connectivity index (χ3n) is 5.06. The first-order chi connectivity index (χ1) is 12.8. The number of nitrogens with zero attached hydrogens (tertiary/aromatic N) is 2. The zero-order valence-electron chi connectivity index (χ0n) is 16.5. The van der Waals surface area contributed by atoms with E-state index >= 15 is 0 Å². The van der Waals surface area contributed by atoms with Crippen molar-refractivity contribution in [2.24, 2.45) is 11.8 Å². The van der Waals surface area contributed by atoms with Crippen LogP contribution in [0, 0.1) is 11.8 Å². The molecule has 1 aromatic carbocycles. The van der Waals surface area contributed by atoms with Crippen molar-refractivity contribution in [2.45, 2.75) is 46.1 Å². The molecule has 1 aliphatic rings. The molecule has 0 aromatic heterocycles. The zero-order chi connectivity index (χ0) is 20.0. The Morgan fingerprint density at radius 3 is 2.48 bits per heavy atom. The van der Waals surface area contributed by atoms with Gasteiger partial charge in [-0.1, -0.05) is 26.0 Å². The van der Waals surface area contributed by atoms with E-state index in [4.69, 9.17) is 5.11 Å². The number of piperidine rings is 1. The Hall–Kier alpha value is -2.37. The summed E-state index contributed by atoms with van der Waals surface area (Å²) in [5, 5.41) is 8.85. The first-order valence-electron chi connectivity index (χ1n) is 9.63. The normalized spacial score (nSPS) is 17.0. The Labute approximate surface area is 161 Å². The highest BCUT2D eigenvalue weighted by atomic mass is 16.4. The molecule has 0 radical (unpaired) electrons. The van der Waals surface area contributed by atoms with Gasteiger partial charge in [-0.3, -0.25) is 14.4 Å². The molecule has 1 fully saturated rings. The molecular weight excluding hydrogens is 344 g/mol. The first-order valence-corrected chi connectivity index (χ1v) is 9.63. The molecule has 148 valence electrons. The number of hydrogen-bond donors (Lipinski definition) is 1. The van der Waals surface area contributed by atoms with Crippen LogP contribution in [0.5, 0.6) is 0 Å². The topological polar surface area (TPSA) is 77.9 Å². The number of hydrogen-bond acceptors (Lipinski definition) is 3. The third kappa shape index (κ3) is 6.08. The van der Waals surface area contributed by atoms with Gasteiger partial charge in [0, 0.05) is 44.6 Å². The van der Waals surface area contributed by atoms with E-state index in [-0.39, 0.29) is 30.1 Å². The lowest BCUT2D eigenvalue weighted by Crippen LogP contribution is -2.40. The lowest BCUT2D eigenvalue weighted by molar-refractivity contribution is -0.137. The van der Waals surface area contributed by atoms with E-state index in [1.165, 1.54) is 0 Å². The molecule has 6 nitrogen and oxygen atoms in total. The highest BCUT2D eigenvalue weighted by molar-refractivity contribution is 5.94. The van der Waals surface area contributed by atoms with E-state index < -0.39 is 5.97 Å². The van der Waals surface area contributed by atoms with Crippen molar-refractivity contribution >= 4 is 17.8 Å². The van der Waals surface area contributed by atoms with Crippen LogP contribution >= 0.6 is 0 Å². The second kappa shape index (κ2) is 9.53. The standard InChI is InChI=1S/C21H30N2O4/c1-15(2)20(26)22(3)13-17-6-9-18(10-7-17)21(27)23-12-4-5-16(14-23)8-11-19(24)25/h6-7,9-10,15-16H,4-5,8,11-14H2,1-3H3,(H,24,25). The fraction of sp³-hybridized carbons (Fsp3) is 0.571. The first kappa shape index (κ1) is 20.9. The number of aliphatic carboxylic acids is 1. The molecule has 1 saturated heterocycles. The van der Waals surface area contributed by atoms with Crippen LogP contribution in [0.4, 0.5) is 0 Å². The van der Waals surface area contributed by atoms with Crippen molar-refractivity contribution in [2.75, 3.05) is 20.1 Å². The molecule has 1 N–H and O–H groups in total. The Kier molecular flexibility index (Phi) is 7.39. The summed E-state index contributed by atoms with van der Waals surface area (Å²) in [4.78, 5) is 39.0. The summed E-state index contributed by atoms with van der Waals surface area (Å²) in [6.07, 6.45) is 2.67. The van der Waals surface area contributed by atoms with Gasteiger partial charge in [0.1, 0.15) is 0 Å². The summed E-state index contributed by atoms with van der Waals surface area (Å²) in [5.74, 6) is -0.475. The molecule has 1 heterocycles. The molecule has 1 aromatic rings. The number of carbonyl (C=O) groups is 3. The van der Waals surface area contributed by atoms with E-state index in [2.05, 4.69) is 0 Å². The van der Waals surface area contributed by atoms with Crippen LogP contribution in [0.3, 0.4) is 0 Å². The lowest BCUT2D eigenvalue weighted by Gasteiger charge is -2.32. The minimum Gasteiger partial charge on any atom is -0.481 e. The van der Waals surface area contributed by atoms with Crippen LogP contribution in [0.15, 0.2) is 24.3 Å². The molecule has 1 aliphatic heterocycles. The van der Waals surface area contributed by atoms with Crippen molar-refractivity contribution in [3.63, 3.8) is 0 Å². The van der Waals surface area contributed by atoms with E-state index in [0.717, 1.165) is 24.9 Å². The number of rotatable bonds is 7. The monoisotopic (exact) mass is 374 g/mol. The fourth-order valence-corrected chi connectivity index (χ4v) is 3.54. The number of carboxylic acid groups (broad SMARTS) is 1. The number of benzene rings is 1. The predicted octanol–water partition coefficient (Wildman–Crippen LogP) is 3.02. The van der Waals surface area contributed by atoms with E-state index in [1.807, 2.05) is 43.0 Å². The molecule has 1 unspecified atom stereocenters. The van der Waals surface area contributed by atoms with Crippen molar-refractivity contribution < 1.29 is 19.5 Å². The molecule has 27 heavy (non-hydrogen) atoms. The van der Waals surface area contributed by atoms with E-state index in [0.29, 0.717) is 25.1 Å². The van der Waals surface area contributed by atoms with Crippen LogP contribution in [0.25, 0.3) is 0 Å². The second-order valence-corrected chi connectivity index (χ2v) is 7.74. The van der Waals surface area contributed by atoms with Gasteiger partial charge >= 0.3 is 5.97 Å². The van der Waals surface area contributed by atoms with Crippen LogP contribution in [-0.2, 0) is 16.1 Å². The maximum Gasteiger partial charge on any atom is 0.303 e. The average Bonchev–Trinajstić information content (AvgIpc) is 2.65. The molecule has 1 atom stereocenters. The lowest BCUT2D eigenvalue weighted by atomic mass is 9.93. The molecule has 0 spiro atoms. The van der Waals surface area contributed by atoms with Crippen molar-refractivity contribution in [1.82, 2.24) is 9.80 Å². The van der Waals surface area contributed by atoms with Crippen molar-refractivity contribution in [3.8, 4) is 0 Å². The SMILES string of the molecule is CC(C)C(=O)N(C)Cc1ccc(C(=O)N2CCCC(CCC(=O)O)C2)cc1. The maximum atomic E-state index is 12.8. The summed E-state index contributed by atoms with van der Waals surface area (Å²) >= 11 is 0. The van der Waals surface area contributed by atoms with E-state index in [1.54, 1.807) is 11.9 Å². The van der Waals surface area contributed by atoms with Gasteiger partial charge in [0.15, 0.2) is 0 Å². The molecular formula is C21H30N2O4. The van der Waals surface area contributed by atoms with Crippen LogP contribution < -0.4 is 0 Å². The zero-order valence-corrected chi connectivity index (χ0v) is 16.5. The minimum absolute atomic E-state index is 0.00631. The van der Waals surface area contributed by atoms with Crippen molar-refractivity contribution in [3.05, 3.63) is 35.4 Å². The predicted molar refractivity (Wildman–Crippen MR) is 103 cm³/mol. The Bertz CT molecular complexity index is 669. The fourth-order valence-electron chi connectivity index (χ4n) is 3.54. The number of carbonyl (C=O) groups excluding carboxylic acids is 2. The quantitative estimate of drug-likeness (QED) is 0.796. The minimum atomic E-state index is -0.782. The average molecular weight is 374 g/mol. The van der Waals surface area contributed by atoms with Gasteiger partial charge in [-0.25, -0.2) is 0 Å². The molecule has 2 rings (SSSR count). The Balaban J connectivity index is 1.94. The molecule has 0 aliphatic carbocycles. The van der Waals surface area contributed by atoms with Crippen LogP contribution in [-0.4, -0.2) is 52.8 Å². The smallest absolute Gasteiger partial charge is 0.303 e. The Morgan fingerprint density at radius 1 is 1.22 bits per heavy atom. The maximum absolute atomic E-state index is 12.8. The summed E-state index contributed by atoms with van der Waals surface area (Å²) in [6.45, 7) is 5.62. The summed E-state index contributed by atoms with van der Waals surface area (Å²) in [6, 6.07) is 7.41. The third-order valence-corrected chi connectivity index (χ3v) is 5.06. The van der Waals surface area contributed by atoms with Gasteiger partial charge in [0.2, 0.25) is 5.91 Å². The molecule has 0 bridgehead atoms. The van der Waals surface area contributed by atoms with Gasteiger partial charge in [0.05, 0.1) is 0 Å². The number of amides is 2. The van der Waals surface area contributed by atoms with Gasteiger partial charge in [0.25, 0.3) is 5.91 Å². The number of likely N-dealkylation sites (tertiary alicyclic amines) is 1. The van der Waals surface area contributed by atoms with Gasteiger partial charge < -0.3 is 14.9 Å². The molecule has 0 saturated carbocycles. The highest BCUT2D eigenvalue weighted by Gasteiger charge is 2.25. The van der Waals surface area contributed by atoms with Gasteiger partial charge in [-0.05, 0) is 42.9 Å².